The number of alkyl halides is 3. The highest BCUT2D eigenvalue weighted by molar-refractivity contribution is 5.73. The highest BCUT2D eigenvalue weighted by Crippen LogP contribution is 2.42. The van der Waals surface area contributed by atoms with Crippen molar-refractivity contribution in [2.75, 3.05) is 26.3 Å². The molecular formula is C20H25F3N4O4. The number of aliphatic carboxylic acids is 1. The number of hydrogen-bond donors (Lipinski definition) is 1. The summed E-state index contributed by atoms with van der Waals surface area (Å²) >= 11 is 0. The number of carboxylic acids is 1. The second-order valence-corrected chi connectivity index (χ2v) is 7.67. The summed E-state index contributed by atoms with van der Waals surface area (Å²) in [4.78, 5) is 15.5. The lowest BCUT2D eigenvalue weighted by molar-refractivity contribution is -0.192. The molecule has 4 heterocycles. The van der Waals surface area contributed by atoms with Crippen molar-refractivity contribution in [3.05, 3.63) is 42.4 Å². The molecule has 0 saturated carbocycles. The summed E-state index contributed by atoms with van der Waals surface area (Å²) in [6.07, 6.45) is 2.86. The molecule has 0 amide bonds. The predicted molar refractivity (Wildman–Crippen MR) is 103 cm³/mol. The highest BCUT2D eigenvalue weighted by Gasteiger charge is 2.52. The van der Waals surface area contributed by atoms with Gasteiger partial charge in [0.25, 0.3) is 0 Å². The molecule has 1 N–H and O–H groups in total. The Hall–Kier alpha value is -2.66. The number of nitrogens with zero attached hydrogens (tertiary/aromatic N) is 4. The van der Waals surface area contributed by atoms with Crippen molar-refractivity contribution in [3.8, 4) is 5.88 Å². The van der Waals surface area contributed by atoms with Crippen LogP contribution in [0, 0.1) is 5.92 Å². The molecule has 2 aliphatic rings. The largest absolute Gasteiger partial charge is 0.490 e. The fraction of sp³-hybridized carbons (Fsp3) is 0.550. The monoisotopic (exact) mass is 442 g/mol. The first-order valence-corrected chi connectivity index (χ1v) is 9.86. The van der Waals surface area contributed by atoms with Crippen LogP contribution in [0.15, 0.2) is 36.8 Å². The van der Waals surface area contributed by atoms with E-state index in [9.17, 15) is 13.2 Å². The van der Waals surface area contributed by atoms with E-state index in [2.05, 4.69) is 21.2 Å². The van der Waals surface area contributed by atoms with Crippen LogP contribution in [0.1, 0.15) is 18.4 Å². The minimum atomic E-state index is -5.08. The Labute approximate surface area is 177 Å². The van der Waals surface area contributed by atoms with E-state index >= 15 is 0 Å². The maximum Gasteiger partial charge on any atom is 0.490 e. The van der Waals surface area contributed by atoms with Crippen LogP contribution in [0.4, 0.5) is 13.2 Å². The quantitative estimate of drug-likeness (QED) is 0.735. The number of aromatic nitrogens is 3. The van der Waals surface area contributed by atoms with Crippen molar-refractivity contribution in [1.82, 2.24) is 19.7 Å². The molecule has 0 aromatic carbocycles. The number of hydrogen-bond acceptors (Lipinski definition) is 6. The number of ether oxygens (including phenoxy) is 2. The molecule has 8 nitrogen and oxygen atoms in total. The molecule has 170 valence electrons. The molecule has 1 atom stereocenters. The van der Waals surface area contributed by atoms with Gasteiger partial charge in [0.2, 0.25) is 5.88 Å². The summed E-state index contributed by atoms with van der Waals surface area (Å²) in [5.41, 5.74) is 1.30. The fourth-order valence-corrected chi connectivity index (χ4v) is 3.91. The van der Waals surface area contributed by atoms with Gasteiger partial charge in [0, 0.05) is 57.3 Å². The standard InChI is InChI=1S/C18H24N4O2.C2HF3O2/c1-21-11-15(10-20-21)12-22-13-18(14-22)16(6-9-24-18)5-8-23-17-4-2-3-7-19-17;3-2(4,5)1(6)7/h2-4,7,10-11,16H,5-6,8-9,12-14H2,1H3;(H,6,7). The third kappa shape index (κ3) is 6.17. The predicted octanol–water partition coefficient (Wildman–Crippen LogP) is 2.51. The van der Waals surface area contributed by atoms with Gasteiger partial charge in [0.1, 0.15) is 0 Å². The lowest BCUT2D eigenvalue weighted by Crippen LogP contribution is -2.64. The van der Waals surface area contributed by atoms with E-state index in [1.165, 1.54) is 5.56 Å². The van der Waals surface area contributed by atoms with E-state index in [0.29, 0.717) is 18.4 Å². The van der Waals surface area contributed by atoms with Gasteiger partial charge in [-0.3, -0.25) is 9.58 Å². The minimum Gasteiger partial charge on any atom is -0.478 e. The first kappa shape index (κ1) is 23.0. The summed E-state index contributed by atoms with van der Waals surface area (Å²) in [6, 6.07) is 5.75. The summed E-state index contributed by atoms with van der Waals surface area (Å²) in [5.74, 6) is -1.48. The molecule has 0 aliphatic carbocycles. The van der Waals surface area contributed by atoms with Crippen molar-refractivity contribution in [2.24, 2.45) is 13.0 Å². The molecule has 11 heteroatoms. The summed E-state index contributed by atoms with van der Waals surface area (Å²) < 4.78 is 45.5. The number of pyridine rings is 1. The Morgan fingerprint density at radius 3 is 2.71 bits per heavy atom. The van der Waals surface area contributed by atoms with Crippen molar-refractivity contribution < 1.29 is 32.5 Å². The molecule has 2 aromatic heterocycles. The third-order valence-electron chi connectivity index (χ3n) is 5.34. The average molecular weight is 442 g/mol. The van der Waals surface area contributed by atoms with Crippen LogP contribution in [-0.4, -0.2) is 68.8 Å². The van der Waals surface area contributed by atoms with Gasteiger partial charge in [-0.2, -0.15) is 18.3 Å². The first-order chi connectivity index (χ1) is 14.7. The fourth-order valence-electron chi connectivity index (χ4n) is 3.91. The topological polar surface area (TPSA) is 89.7 Å². The molecule has 2 fully saturated rings. The smallest absolute Gasteiger partial charge is 0.478 e. The number of carboxylic acid groups (broad SMARTS) is 1. The molecule has 1 unspecified atom stereocenters. The lowest BCUT2D eigenvalue weighted by atomic mass is 9.79. The van der Waals surface area contributed by atoms with E-state index in [4.69, 9.17) is 19.4 Å². The van der Waals surface area contributed by atoms with Gasteiger partial charge in [0.15, 0.2) is 0 Å². The Balaban J connectivity index is 0.000000339. The molecule has 1 spiro atoms. The molecule has 0 bridgehead atoms. The lowest BCUT2D eigenvalue weighted by Gasteiger charge is -2.50. The van der Waals surface area contributed by atoms with E-state index in [-0.39, 0.29) is 5.60 Å². The van der Waals surface area contributed by atoms with Crippen LogP contribution in [0.2, 0.25) is 0 Å². The Morgan fingerprint density at radius 2 is 2.13 bits per heavy atom. The Bertz CT molecular complexity index is 854. The zero-order chi connectivity index (χ0) is 22.5. The van der Waals surface area contributed by atoms with Gasteiger partial charge >= 0.3 is 12.1 Å². The second-order valence-electron chi connectivity index (χ2n) is 7.67. The summed E-state index contributed by atoms with van der Waals surface area (Å²) in [5, 5.41) is 11.4. The van der Waals surface area contributed by atoms with Gasteiger partial charge in [-0.1, -0.05) is 6.07 Å². The Kier molecular flexibility index (Phi) is 7.16. The highest BCUT2D eigenvalue weighted by atomic mass is 19.4. The maximum atomic E-state index is 10.6. The molecule has 31 heavy (non-hydrogen) atoms. The molecule has 4 rings (SSSR count). The first-order valence-electron chi connectivity index (χ1n) is 9.86. The third-order valence-corrected chi connectivity index (χ3v) is 5.34. The van der Waals surface area contributed by atoms with E-state index in [1.807, 2.05) is 36.1 Å². The molecule has 2 aliphatic heterocycles. The minimum absolute atomic E-state index is 0.0374. The van der Waals surface area contributed by atoms with Crippen LogP contribution in [0.3, 0.4) is 0 Å². The molecular weight excluding hydrogens is 417 g/mol. The zero-order valence-electron chi connectivity index (χ0n) is 17.1. The van der Waals surface area contributed by atoms with Crippen LogP contribution in [0.25, 0.3) is 0 Å². The molecule has 2 aromatic rings. The molecule has 2 saturated heterocycles. The van der Waals surface area contributed by atoms with Crippen LogP contribution >= 0.6 is 0 Å². The van der Waals surface area contributed by atoms with Gasteiger partial charge in [0.05, 0.1) is 18.4 Å². The second kappa shape index (κ2) is 9.65. The normalized spacial score (nSPS) is 20.1. The van der Waals surface area contributed by atoms with Crippen molar-refractivity contribution >= 4 is 5.97 Å². The summed E-state index contributed by atoms with van der Waals surface area (Å²) in [6.45, 7) is 4.55. The number of rotatable bonds is 6. The van der Waals surface area contributed by atoms with E-state index in [1.54, 1.807) is 6.20 Å². The summed E-state index contributed by atoms with van der Waals surface area (Å²) in [7, 11) is 1.96. The number of carbonyl (C=O) groups is 1. The van der Waals surface area contributed by atoms with Gasteiger partial charge in [-0.15, -0.1) is 0 Å². The van der Waals surface area contributed by atoms with Crippen LogP contribution in [-0.2, 0) is 23.1 Å². The van der Waals surface area contributed by atoms with Gasteiger partial charge < -0.3 is 14.6 Å². The maximum absolute atomic E-state index is 10.6. The van der Waals surface area contributed by atoms with Gasteiger partial charge in [-0.25, -0.2) is 9.78 Å². The van der Waals surface area contributed by atoms with Crippen molar-refractivity contribution in [1.29, 1.82) is 0 Å². The zero-order valence-corrected chi connectivity index (χ0v) is 17.1. The number of halogens is 3. The Morgan fingerprint density at radius 1 is 1.39 bits per heavy atom. The van der Waals surface area contributed by atoms with E-state index in [0.717, 1.165) is 39.1 Å². The number of likely N-dealkylation sites (tertiary alicyclic amines) is 1. The van der Waals surface area contributed by atoms with E-state index < -0.39 is 12.1 Å². The van der Waals surface area contributed by atoms with Crippen molar-refractivity contribution in [2.45, 2.75) is 31.2 Å². The number of aryl methyl sites for hydroxylation is 1. The molecule has 0 radical (unpaired) electrons. The van der Waals surface area contributed by atoms with Crippen LogP contribution in [0.5, 0.6) is 5.88 Å². The average Bonchev–Trinajstić information content (AvgIpc) is 3.29. The van der Waals surface area contributed by atoms with Crippen LogP contribution < -0.4 is 4.74 Å². The van der Waals surface area contributed by atoms with Gasteiger partial charge in [-0.05, 0) is 24.8 Å². The van der Waals surface area contributed by atoms with Crippen molar-refractivity contribution in [3.63, 3.8) is 0 Å². The SMILES string of the molecule is Cn1cc(CN2CC3(C2)OCCC3CCOc2ccccn2)cn1.O=C(O)C(F)(F)F.